The Morgan fingerprint density at radius 2 is 2.00 bits per heavy atom. The smallest absolute Gasteiger partial charge is 0.290 e. The molecule has 4 nitrogen and oxygen atoms in total. The molecule has 0 aliphatic carbocycles. The second kappa shape index (κ2) is 2.79. The molecule has 1 fully saturated rings. The molecule has 56 valence electrons. The SMILES string of the molecule is N=C(N)[NH+]1CCC(=O)CC1. The van der Waals surface area contributed by atoms with Gasteiger partial charge in [-0.1, -0.05) is 0 Å². The van der Waals surface area contributed by atoms with Crippen molar-refractivity contribution >= 4 is 11.7 Å². The van der Waals surface area contributed by atoms with Crippen LogP contribution < -0.4 is 10.6 Å². The third-order valence-electron chi connectivity index (χ3n) is 1.79. The number of quaternary nitrogens is 1. The number of ketones is 1. The molecule has 0 aromatic heterocycles. The van der Waals surface area contributed by atoms with E-state index in [9.17, 15) is 4.79 Å². The van der Waals surface area contributed by atoms with Crippen molar-refractivity contribution in [1.82, 2.24) is 0 Å². The van der Waals surface area contributed by atoms with Gasteiger partial charge in [-0.15, -0.1) is 0 Å². The van der Waals surface area contributed by atoms with Crippen LogP contribution in [0.1, 0.15) is 12.8 Å². The molecule has 0 spiro atoms. The molecule has 0 amide bonds. The maximum atomic E-state index is 10.7. The van der Waals surface area contributed by atoms with Gasteiger partial charge in [-0.25, -0.2) is 5.41 Å². The molecular weight excluding hydrogens is 130 g/mol. The fraction of sp³-hybridized carbons (Fsp3) is 0.667. The zero-order valence-corrected chi connectivity index (χ0v) is 5.81. The summed E-state index contributed by atoms with van der Waals surface area (Å²) in [6, 6.07) is 0. The average Bonchev–Trinajstić information content (AvgIpc) is 1.88. The number of nitrogens with one attached hydrogen (secondary N) is 2. The molecule has 1 rings (SSSR count). The van der Waals surface area contributed by atoms with Crippen LogP contribution in [0.25, 0.3) is 0 Å². The fourth-order valence-corrected chi connectivity index (χ4v) is 1.10. The molecule has 10 heavy (non-hydrogen) atoms. The first-order valence-corrected chi connectivity index (χ1v) is 3.41. The molecule has 0 saturated carbocycles. The van der Waals surface area contributed by atoms with E-state index in [1.807, 2.05) is 0 Å². The van der Waals surface area contributed by atoms with E-state index in [1.165, 1.54) is 0 Å². The summed E-state index contributed by atoms with van der Waals surface area (Å²) in [6.45, 7) is 1.41. The summed E-state index contributed by atoms with van der Waals surface area (Å²) in [5.41, 5.74) is 5.25. The van der Waals surface area contributed by atoms with Gasteiger partial charge in [0.2, 0.25) is 0 Å². The Morgan fingerprint density at radius 3 is 2.40 bits per heavy atom. The highest BCUT2D eigenvalue weighted by molar-refractivity contribution is 5.79. The average molecular weight is 142 g/mol. The number of likely N-dealkylation sites (tertiary alicyclic amines) is 1. The number of hydrogen-bond acceptors (Lipinski definition) is 2. The quantitative estimate of drug-likeness (QED) is 0.274. The minimum Gasteiger partial charge on any atom is -0.338 e. The van der Waals surface area contributed by atoms with Gasteiger partial charge in [0.15, 0.2) is 0 Å². The van der Waals surface area contributed by atoms with E-state index in [-0.39, 0.29) is 5.96 Å². The number of Topliss-reactive ketones (excluding diaryl/α,β-unsaturated/α-hetero) is 1. The van der Waals surface area contributed by atoms with Gasteiger partial charge < -0.3 is 5.73 Å². The molecule has 1 aliphatic heterocycles. The number of carbonyl (C=O) groups excluding carboxylic acids is 1. The van der Waals surface area contributed by atoms with Crippen LogP contribution in [0.3, 0.4) is 0 Å². The van der Waals surface area contributed by atoms with E-state index >= 15 is 0 Å². The molecule has 1 saturated heterocycles. The number of guanidine groups is 1. The van der Waals surface area contributed by atoms with Crippen molar-refractivity contribution in [3.05, 3.63) is 0 Å². The van der Waals surface area contributed by atoms with Gasteiger partial charge >= 0.3 is 0 Å². The van der Waals surface area contributed by atoms with E-state index in [0.717, 1.165) is 4.90 Å². The first kappa shape index (κ1) is 7.21. The van der Waals surface area contributed by atoms with E-state index in [0.29, 0.717) is 31.7 Å². The van der Waals surface area contributed by atoms with Crippen LogP contribution in [0, 0.1) is 5.41 Å². The topological polar surface area (TPSA) is 71.4 Å². The molecule has 0 atom stereocenters. The van der Waals surface area contributed by atoms with Crippen LogP contribution in [-0.4, -0.2) is 24.8 Å². The highest BCUT2D eigenvalue weighted by atomic mass is 16.1. The van der Waals surface area contributed by atoms with Crippen molar-refractivity contribution in [3.63, 3.8) is 0 Å². The molecule has 0 aromatic carbocycles. The van der Waals surface area contributed by atoms with Crippen molar-refractivity contribution in [2.24, 2.45) is 5.73 Å². The lowest BCUT2D eigenvalue weighted by Crippen LogP contribution is -3.17. The number of piperidine rings is 1. The maximum absolute atomic E-state index is 10.7. The van der Waals surface area contributed by atoms with Gasteiger partial charge in [0, 0.05) is 0 Å². The van der Waals surface area contributed by atoms with E-state index in [4.69, 9.17) is 11.1 Å². The maximum Gasteiger partial charge on any atom is 0.290 e. The molecule has 4 heteroatoms. The Bertz CT molecular complexity index is 156. The molecular formula is C6H12N3O+. The summed E-state index contributed by atoms with van der Waals surface area (Å²) in [7, 11) is 0. The normalized spacial score (nSPS) is 21.0. The minimum atomic E-state index is 0.160. The summed E-state index contributed by atoms with van der Waals surface area (Å²) in [5.74, 6) is 0.456. The number of hydrogen-bond donors (Lipinski definition) is 3. The Labute approximate surface area is 59.5 Å². The van der Waals surface area contributed by atoms with Crippen molar-refractivity contribution < 1.29 is 9.69 Å². The largest absolute Gasteiger partial charge is 0.338 e. The Hall–Kier alpha value is -0.900. The molecule has 0 radical (unpaired) electrons. The van der Waals surface area contributed by atoms with Gasteiger partial charge in [0.25, 0.3) is 5.96 Å². The Balaban J connectivity index is 2.40. The predicted octanol–water partition coefficient (Wildman–Crippen LogP) is -1.87. The standard InChI is InChI=1S/C6H11N3O/c7-6(8)9-3-1-5(10)2-4-9/h1-4H2,(H3,7,8)/p+1. The monoisotopic (exact) mass is 142 g/mol. The van der Waals surface area contributed by atoms with Crippen molar-refractivity contribution in [1.29, 1.82) is 5.41 Å². The third-order valence-corrected chi connectivity index (χ3v) is 1.79. The fourth-order valence-electron chi connectivity index (χ4n) is 1.10. The lowest BCUT2D eigenvalue weighted by atomic mass is 10.1. The molecule has 0 aromatic rings. The summed E-state index contributed by atoms with van der Waals surface area (Å²) in [5, 5.41) is 7.08. The first-order valence-electron chi connectivity index (χ1n) is 3.41. The van der Waals surface area contributed by atoms with Gasteiger partial charge in [-0.05, 0) is 0 Å². The van der Waals surface area contributed by atoms with Gasteiger partial charge in [0.1, 0.15) is 5.78 Å². The summed E-state index contributed by atoms with van der Waals surface area (Å²) < 4.78 is 0. The highest BCUT2D eigenvalue weighted by Crippen LogP contribution is 1.88. The lowest BCUT2D eigenvalue weighted by Gasteiger charge is -2.19. The van der Waals surface area contributed by atoms with E-state index in [2.05, 4.69) is 0 Å². The summed E-state index contributed by atoms with van der Waals surface area (Å²) in [4.78, 5) is 11.7. The van der Waals surface area contributed by atoms with Crippen molar-refractivity contribution in [2.75, 3.05) is 13.1 Å². The summed E-state index contributed by atoms with van der Waals surface area (Å²) >= 11 is 0. The number of nitrogens with two attached hydrogens (primary N) is 1. The number of rotatable bonds is 0. The van der Waals surface area contributed by atoms with Gasteiger partial charge in [-0.3, -0.25) is 9.69 Å². The van der Waals surface area contributed by atoms with Crippen molar-refractivity contribution in [3.8, 4) is 0 Å². The van der Waals surface area contributed by atoms with Gasteiger partial charge in [-0.2, -0.15) is 0 Å². The minimum absolute atomic E-state index is 0.160. The molecule has 1 heterocycles. The first-order chi connectivity index (χ1) is 4.70. The zero-order valence-electron chi connectivity index (χ0n) is 5.81. The second-order valence-electron chi connectivity index (χ2n) is 2.56. The van der Waals surface area contributed by atoms with Crippen LogP contribution in [0.5, 0.6) is 0 Å². The Kier molecular flexibility index (Phi) is 2.01. The van der Waals surface area contributed by atoms with E-state index in [1.54, 1.807) is 0 Å². The van der Waals surface area contributed by atoms with Crippen LogP contribution in [-0.2, 0) is 4.79 Å². The summed E-state index contributed by atoms with van der Waals surface area (Å²) in [6.07, 6.45) is 1.16. The molecule has 0 unspecified atom stereocenters. The van der Waals surface area contributed by atoms with Gasteiger partial charge in [0.05, 0.1) is 25.9 Å². The van der Waals surface area contributed by atoms with E-state index < -0.39 is 0 Å². The van der Waals surface area contributed by atoms with Crippen LogP contribution in [0.4, 0.5) is 0 Å². The molecule has 1 aliphatic rings. The lowest BCUT2D eigenvalue weighted by molar-refractivity contribution is -0.809. The predicted molar refractivity (Wildman–Crippen MR) is 36.9 cm³/mol. The Morgan fingerprint density at radius 1 is 1.50 bits per heavy atom. The zero-order chi connectivity index (χ0) is 7.56. The van der Waals surface area contributed by atoms with Crippen LogP contribution >= 0.6 is 0 Å². The molecule has 4 N–H and O–H groups in total. The van der Waals surface area contributed by atoms with Crippen LogP contribution in [0.15, 0.2) is 0 Å². The van der Waals surface area contributed by atoms with Crippen LogP contribution in [0.2, 0.25) is 0 Å². The van der Waals surface area contributed by atoms with Crippen molar-refractivity contribution in [2.45, 2.75) is 12.8 Å². The highest BCUT2D eigenvalue weighted by Gasteiger charge is 2.21. The second-order valence-corrected chi connectivity index (χ2v) is 2.56. The number of carbonyl (C=O) groups is 1. The third kappa shape index (κ3) is 1.54. The molecule has 0 bridgehead atoms.